The number of pyridine rings is 1. The zero-order chi connectivity index (χ0) is 11.0. The van der Waals surface area contributed by atoms with Crippen LogP contribution in [0, 0.1) is 0 Å². The average molecular weight is 216 g/mol. The molecule has 0 aliphatic carbocycles. The second kappa shape index (κ2) is 3.59. The summed E-state index contributed by atoms with van der Waals surface area (Å²) < 4.78 is 5.63. The van der Waals surface area contributed by atoms with E-state index in [1.165, 1.54) is 0 Å². The molecule has 2 aromatic rings. The third-order valence-electron chi connectivity index (χ3n) is 2.73. The minimum atomic E-state index is 0.639. The average Bonchev–Trinajstić information content (AvgIpc) is 2.32. The second-order valence-electron chi connectivity index (χ2n) is 3.83. The number of nitrogens with zero attached hydrogens (tertiary/aromatic N) is 4. The lowest BCUT2D eigenvalue weighted by molar-refractivity contribution is 0.302. The zero-order valence-corrected chi connectivity index (χ0v) is 9.05. The molecule has 0 radical (unpaired) electrons. The van der Waals surface area contributed by atoms with Gasteiger partial charge >= 0.3 is 0 Å². The van der Waals surface area contributed by atoms with E-state index in [1.54, 1.807) is 12.5 Å². The maximum atomic E-state index is 5.63. The number of ether oxygens (including phenoxy) is 1. The van der Waals surface area contributed by atoms with Gasteiger partial charge in [-0.25, -0.2) is 15.0 Å². The molecule has 3 rings (SSSR count). The molecule has 0 spiro atoms. The Labute approximate surface area is 93.1 Å². The molecule has 0 saturated carbocycles. The molecule has 5 nitrogen and oxygen atoms in total. The summed E-state index contributed by atoms with van der Waals surface area (Å²) in [6, 6.07) is 1.88. The first kappa shape index (κ1) is 9.33. The molecule has 82 valence electrons. The topological polar surface area (TPSA) is 51.1 Å². The van der Waals surface area contributed by atoms with E-state index < -0.39 is 0 Å². The number of hydrogen-bond donors (Lipinski definition) is 0. The van der Waals surface area contributed by atoms with Gasteiger partial charge in [-0.1, -0.05) is 0 Å². The number of aromatic nitrogens is 3. The van der Waals surface area contributed by atoms with Gasteiger partial charge in [0.15, 0.2) is 0 Å². The number of hydrogen-bond acceptors (Lipinski definition) is 5. The van der Waals surface area contributed by atoms with Crippen LogP contribution in [0.5, 0.6) is 5.88 Å². The van der Waals surface area contributed by atoms with Crippen molar-refractivity contribution in [2.24, 2.45) is 0 Å². The van der Waals surface area contributed by atoms with Crippen molar-refractivity contribution >= 4 is 16.7 Å². The van der Waals surface area contributed by atoms with E-state index in [1.807, 2.05) is 13.1 Å². The maximum absolute atomic E-state index is 5.63. The van der Waals surface area contributed by atoms with Crippen molar-refractivity contribution in [1.29, 1.82) is 0 Å². The lowest BCUT2D eigenvalue weighted by Gasteiger charge is -2.22. The Morgan fingerprint density at radius 3 is 3.19 bits per heavy atom. The fraction of sp³-hybridized carbons (Fsp3) is 0.364. The van der Waals surface area contributed by atoms with Gasteiger partial charge in [0, 0.05) is 19.8 Å². The first-order chi connectivity index (χ1) is 7.86. The van der Waals surface area contributed by atoms with E-state index >= 15 is 0 Å². The van der Waals surface area contributed by atoms with Crippen molar-refractivity contribution in [2.45, 2.75) is 6.42 Å². The van der Waals surface area contributed by atoms with Crippen molar-refractivity contribution in [3.05, 3.63) is 18.6 Å². The molecular formula is C11H12N4O. The van der Waals surface area contributed by atoms with Gasteiger partial charge in [0.1, 0.15) is 17.5 Å². The molecule has 0 bridgehead atoms. The second-order valence-corrected chi connectivity index (χ2v) is 3.83. The normalized spacial score (nSPS) is 15.4. The monoisotopic (exact) mass is 216 g/mol. The third-order valence-corrected chi connectivity index (χ3v) is 2.73. The van der Waals surface area contributed by atoms with Crippen LogP contribution in [0.4, 0.5) is 5.82 Å². The standard InChI is InChI=1S/C11H12N4O/c1-15-5-2-6-16-11-9-8(3-4-12-11)13-7-14-10(9)15/h3-4,7H,2,5-6H2,1H3. The minimum absolute atomic E-state index is 0.639. The van der Waals surface area contributed by atoms with Crippen LogP contribution >= 0.6 is 0 Å². The fourth-order valence-electron chi connectivity index (χ4n) is 1.94. The van der Waals surface area contributed by atoms with Gasteiger partial charge in [0.05, 0.1) is 12.1 Å². The van der Waals surface area contributed by atoms with Gasteiger partial charge in [-0.3, -0.25) is 0 Å². The van der Waals surface area contributed by atoms with Crippen molar-refractivity contribution in [3.63, 3.8) is 0 Å². The lowest BCUT2D eigenvalue weighted by Crippen LogP contribution is -2.24. The fourth-order valence-corrected chi connectivity index (χ4v) is 1.94. The highest BCUT2D eigenvalue weighted by molar-refractivity contribution is 5.93. The Balaban J connectivity index is 2.34. The van der Waals surface area contributed by atoms with Crippen molar-refractivity contribution in [3.8, 4) is 5.88 Å². The molecule has 0 aromatic carbocycles. The van der Waals surface area contributed by atoms with Crippen LogP contribution in [0.15, 0.2) is 18.6 Å². The van der Waals surface area contributed by atoms with E-state index in [0.29, 0.717) is 12.5 Å². The summed E-state index contributed by atoms with van der Waals surface area (Å²) in [5, 5.41) is 0.909. The first-order valence-electron chi connectivity index (χ1n) is 5.30. The van der Waals surface area contributed by atoms with Crippen molar-refractivity contribution in [1.82, 2.24) is 15.0 Å². The number of rotatable bonds is 0. The first-order valence-corrected chi connectivity index (χ1v) is 5.30. The van der Waals surface area contributed by atoms with E-state index in [0.717, 1.165) is 29.7 Å². The van der Waals surface area contributed by atoms with Gasteiger partial charge in [-0.15, -0.1) is 0 Å². The largest absolute Gasteiger partial charge is 0.477 e. The molecule has 2 aromatic heterocycles. The third kappa shape index (κ3) is 1.36. The van der Waals surface area contributed by atoms with Crippen LogP contribution in [0.3, 0.4) is 0 Å². The summed E-state index contributed by atoms with van der Waals surface area (Å²) in [7, 11) is 2.03. The smallest absolute Gasteiger partial charge is 0.226 e. The van der Waals surface area contributed by atoms with E-state index in [4.69, 9.17) is 4.74 Å². The Hall–Kier alpha value is -1.91. The molecule has 16 heavy (non-hydrogen) atoms. The van der Waals surface area contributed by atoms with Gasteiger partial charge in [0.2, 0.25) is 5.88 Å². The SMILES string of the molecule is CN1CCCOc2nccc3ncnc1c23. The predicted molar refractivity (Wildman–Crippen MR) is 60.7 cm³/mol. The highest BCUT2D eigenvalue weighted by atomic mass is 16.5. The Bertz CT molecular complexity index is 523. The quantitative estimate of drug-likeness (QED) is 0.663. The van der Waals surface area contributed by atoms with Gasteiger partial charge < -0.3 is 9.64 Å². The number of anilines is 1. The molecule has 0 unspecified atom stereocenters. The van der Waals surface area contributed by atoms with Crippen LogP contribution in [-0.4, -0.2) is 35.2 Å². The summed E-state index contributed by atoms with van der Waals surface area (Å²) in [5.41, 5.74) is 0.878. The summed E-state index contributed by atoms with van der Waals surface area (Å²) >= 11 is 0. The summed E-state index contributed by atoms with van der Waals surface area (Å²) in [4.78, 5) is 14.9. The predicted octanol–water partition coefficient (Wildman–Crippen LogP) is 1.24. The molecule has 0 fully saturated rings. The molecule has 0 atom stereocenters. The Morgan fingerprint density at radius 1 is 1.31 bits per heavy atom. The Morgan fingerprint density at radius 2 is 2.25 bits per heavy atom. The minimum Gasteiger partial charge on any atom is -0.477 e. The Kier molecular flexibility index (Phi) is 2.09. The highest BCUT2D eigenvalue weighted by Crippen LogP contribution is 2.30. The van der Waals surface area contributed by atoms with Gasteiger partial charge in [-0.2, -0.15) is 0 Å². The molecule has 1 aliphatic rings. The van der Waals surface area contributed by atoms with E-state index in [-0.39, 0.29) is 0 Å². The van der Waals surface area contributed by atoms with Crippen molar-refractivity contribution in [2.75, 3.05) is 25.1 Å². The van der Waals surface area contributed by atoms with Gasteiger partial charge in [-0.05, 0) is 12.5 Å². The van der Waals surface area contributed by atoms with Crippen LogP contribution < -0.4 is 9.64 Å². The molecule has 3 heterocycles. The summed E-state index contributed by atoms with van der Waals surface area (Å²) in [5.74, 6) is 1.53. The molecule has 0 saturated heterocycles. The summed E-state index contributed by atoms with van der Waals surface area (Å²) in [6.45, 7) is 1.62. The zero-order valence-electron chi connectivity index (χ0n) is 9.05. The molecular weight excluding hydrogens is 204 g/mol. The van der Waals surface area contributed by atoms with Crippen molar-refractivity contribution < 1.29 is 4.74 Å². The molecule has 0 amide bonds. The van der Waals surface area contributed by atoms with Crippen LogP contribution in [0.1, 0.15) is 6.42 Å². The van der Waals surface area contributed by atoms with Crippen LogP contribution in [0.2, 0.25) is 0 Å². The molecule has 1 aliphatic heterocycles. The van der Waals surface area contributed by atoms with Gasteiger partial charge in [0.25, 0.3) is 0 Å². The summed E-state index contributed by atoms with van der Waals surface area (Å²) in [6.07, 6.45) is 4.27. The highest BCUT2D eigenvalue weighted by Gasteiger charge is 2.16. The van der Waals surface area contributed by atoms with Crippen LogP contribution in [-0.2, 0) is 0 Å². The molecule has 5 heteroatoms. The van der Waals surface area contributed by atoms with E-state index in [2.05, 4.69) is 19.9 Å². The van der Waals surface area contributed by atoms with Crippen LogP contribution in [0.25, 0.3) is 10.9 Å². The lowest BCUT2D eigenvalue weighted by atomic mass is 10.2. The molecule has 0 N–H and O–H groups in total. The van der Waals surface area contributed by atoms with E-state index in [9.17, 15) is 0 Å². The maximum Gasteiger partial charge on any atom is 0.226 e.